The fourth-order valence-corrected chi connectivity index (χ4v) is 2.83. The van der Waals surface area contributed by atoms with E-state index in [9.17, 15) is 0 Å². The highest BCUT2D eigenvalue weighted by atomic mass is 79.9. The van der Waals surface area contributed by atoms with Gasteiger partial charge in [-0.1, -0.05) is 13.8 Å². The molecule has 4 N–H and O–H groups in total. The Morgan fingerprint density at radius 1 is 1.38 bits per heavy atom. The van der Waals surface area contributed by atoms with Crippen molar-refractivity contribution in [2.24, 2.45) is 17.4 Å². The zero-order valence-electron chi connectivity index (χ0n) is 7.83. The Hall–Kier alpha value is 0.100. The largest absolute Gasteiger partial charge is 0.326 e. The van der Waals surface area contributed by atoms with Crippen LogP contribution in [-0.4, -0.2) is 6.04 Å². The van der Waals surface area contributed by atoms with Crippen molar-refractivity contribution in [2.75, 3.05) is 0 Å². The molecule has 2 atom stereocenters. The predicted octanol–water partition coefficient (Wildman–Crippen LogP) is 2.49. The molecule has 0 aliphatic carbocycles. The van der Waals surface area contributed by atoms with Gasteiger partial charge in [-0.05, 0) is 33.3 Å². The number of rotatable bonds is 3. The highest BCUT2D eigenvalue weighted by molar-refractivity contribution is 9.10. The van der Waals surface area contributed by atoms with Crippen LogP contribution in [0.5, 0.6) is 0 Å². The molecule has 0 bridgehead atoms. The van der Waals surface area contributed by atoms with E-state index in [1.54, 1.807) is 11.3 Å². The van der Waals surface area contributed by atoms with Crippen LogP contribution in [0.4, 0.5) is 0 Å². The number of hydrogen-bond acceptors (Lipinski definition) is 3. The summed E-state index contributed by atoms with van der Waals surface area (Å²) in [7, 11) is 0. The highest BCUT2D eigenvalue weighted by Crippen LogP contribution is 2.30. The van der Waals surface area contributed by atoms with Gasteiger partial charge in [-0.15, -0.1) is 11.3 Å². The number of hydrogen-bond donors (Lipinski definition) is 2. The van der Waals surface area contributed by atoms with Gasteiger partial charge in [0.15, 0.2) is 0 Å². The Kier molecular flexibility index (Phi) is 3.91. The molecule has 4 heteroatoms. The van der Waals surface area contributed by atoms with Crippen molar-refractivity contribution in [1.82, 2.24) is 0 Å². The summed E-state index contributed by atoms with van der Waals surface area (Å²) in [5, 5.41) is 2.02. The Balaban J connectivity index is 2.79. The SMILES string of the molecule is CC(C)[C@H](N)[C@@H](N)c1sccc1Br. The van der Waals surface area contributed by atoms with Crippen molar-refractivity contribution in [3.8, 4) is 0 Å². The second-order valence-electron chi connectivity index (χ2n) is 3.48. The van der Waals surface area contributed by atoms with Gasteiger partial charge in [0, 0.05) is 15.4 Å². The lowest BCUT2D eigenvalue weighted by Crippen LogP contribution is -2.38. The summed E-state index contributed by atoms with van der Waals surface area (Å²) in [6.45, 7) is 4.18. The molecule has 0 spiro atoms. The molecule has 0 aliphatic heterocycles. The third-order valence-electron chi connectivity index (χ3n) is 2.13. The van der Waals surface area contributed by atoms with Crippen molar-refractivity contribution in [3.05, 3.63) is 20.8 Å². The monoisotopic (exact) mass is 262 g/mol. The van der Waals surface area contributed by atoms with Crippen molar-refractivity contribution in [3.63, 3.8) is 0 Å². The van der Waals surface area contributed by atoms with E-state index >= 15 is 0 Å². The zero-order valence-corrected chi connectivity index (χ0v) is 10.2. The lowest BCUT2D eigenvalue weighted by atomic mass is 9.97. The van der Waals surface area contributed by atoms with Crippen LogP contribution in [0.25, 0.3) is 0 Å². The molecule has 0 saturated carbocycles. The molecule has 0 fully saturated rings. The van der Waals surface area contributed by atoms with Crippen LogP contribution in [0.3, 0.4) is 0 Å². The van der Waals surface area contributed by atoms with Gasteiger partial charge in [0.25, 0.3) is 0 Å². The van der Waals surface area contributed by atoms with Crippen LogP contribution in [0, 0.1) is 5.92 Å². The van der Waals surface area contributed by atoms with Crippen LogP contribution >= 0.6 is 27.3 Å². The summed E-state index contributed by atoms with van der Waals surface area (Å²) >= 11 is 5.11. The number of halogens is 1. The van der Waals surface area contributed by atoms with E-state index in [0.29, 0.717) is 5.92 Å². The average molecular weight is 263 g/mol. The van der Waals surface area contributed by atoms with Gasteiger partial charge in [-0.25, -0.2) is 0 Å². The fraction of sp³-hybridized carbons (Fsp3) is 0.556. The first kappa shape index (κ1) is 11.2. The van der Waals surface area contributed by atoms with Crippen molar-refractivity contribution < 1.29 is 0 Å². The number of thiophene rings is 1. The van der Waals surface area contributed by atoms with E-state index in [1.165, 1.54) is 0 Å². The highest BCUT2D eigenvalue weighted by Gasteiger charge is 2.21. The zero-order chi connectivity index (χ0) is 10.0. The maximum Gasteiger partial charge on any atom is 0.0557 e. The molecule has 0 unspecified atom stereocenters. The molecule has 2 nitrogen and oxygen atoms in total. The maximum absolute atomic E-state index is 6.04. The third kappa shape index (κ3) is 2.53. The third-order valence-corrected chi connectivity index (χ3v) is 4.10. The average Bonchev–Trinajstić information content (AvgIpc) is 2.48. The molecule has 0 saturated heterocycles. The summed E-state index contributed by atoms with van der Waals surface area (Å²) in [4.78, 5) is 1.14. The minimum Gasteiger partial charge on any atom is -0.326 e. The van der Waals surface area contributed by atoms with Gasteiger partial charge in [0.05, 0.1) is 6.04 Å². The van der Waals surface area contributed by atoms with Crippen LogP contribution < -0.4 is 11.5 Å². The van der Waals surface area contributed by atoms with Gasteiger partial charge in [-0.2, -0.15) is 0 Å². The molecule has 1 heterocycles. The lowest BCUT2D eigenvalue weighted by Gasteiger charge is -2.22. The first-order chi connectivity index (χ1) is 6.04. The molecule has 74 valence electrons. The van der Waals surface area contributed by atoms with Crippen molar-refractivity contribution in [1.29, 1.82) is 0 Å². The molecule has 1 rings (SSSR count). The standard InChI is InChI=1S/C9H15BrN2S/c1-5(2)7(11)8(12)9-6(10)3-4-13-9/h3-5,7-8H,11-12H2,1-2H3/t7-,8+/m0/s1. The van der Waals surface area contributed by atoms with Gasteiger partial charge in [-0.3, -0.25) is 0 Å². The quantitative estimate of drug-likeness (QED) is 0.880. The Labute approximate surface area is 91.4 Å². The second kappa shape index (κ2) is 4.55. The molecular weight excluding hydrogens is 248 g/mol. The Bertz CT molecular complexity index is 272. The van der Waals surface area contributed by atoms with E-state index in [4.69, 9.17) is 11.5 Å². The van der Waals surface area contributed by atoms with Crippen molar-refractivity contribution in [2.45, 2.75) is 25.9 Å². The normalized spacial score (nSPS) is 16.2. The second-order valence-corrected chi connectivity index (χ2v) is 5.28. The summed E-state index contributed by atoms with van der Waals surface area (Å²) in [5.74, 6) is 0.406. The molecule has 1 aromatic rings. The maximum atomic E-state index is 6.04. The summed E-state index contributed by atoms with van der Waals surface area (Å²) in [6.07, 6.45) is 0. The van der Waals surface area contributed by atoms with Gasteiger partial charge in [0.2, 0.25) is 0 Å². The lowest BCUT2D eigenvalue weighted by molar-refractivity contribution is 0.426. The summed E-state index contributed by atoms with van der Waals surface area (Å²) < 4.78 is 1.07. The molecule has 13 heavy (non-hydrogen) atoms. The van der Waals surface area contributed by atoms with Crippen LogP contribution in [0.15, 0.2) is 15.9 Å². The van der Waals surface area contributed by atoms with Crippen molar-refractivity contribution >= 4 is 27.3 Å². The van der Waals surface area contributed by atoms with Crippen LogP contribution in [0.2, 0.25) is 0 Å². The molecule has 0 aliphatic rings. The molecule has 0 amide bonds. The predicted molar refractivity (Wildman–Crippen MR) is 61.8 cm³/mol. The summed E-state index contributed by atoms with van der Waals surface area (Å²) in [6, 6.07) is 1.97. The van der Waals surface area contributed by atoms with Gasteiger partial charge >= 0.3 is 0 Å². The minimum absolute atomic E-state index is 0.0231. The van der Waals surface area contributed by atoms with Crippen LogP contribution in [-0.2, 0) is 0 Å². The van der Waals surface area contributed by atoms with E-state index in [2.05, 4.69) is 29.8 Å². The minimum atomic E-state index is -0.0608. The molecule has 0 radical (unpaired) electrons. The van der Waals surface area contributed by atoms with Gasteiger partial charge < -0.3 is 11.5 Å². The molecule has 0 aromatic carbocycles. The Morgan fingerprint density at radius 2 is 2.00 bits per heavy atom. The van der Waals surface area contributed by atoms with E-state index in [-0.39, 0.29) is 12.1 Å². The van der Waals surface area contributed by atoms with E-state index in [0.717, 1.165) is 9.35 Å². The van der Waals surface area contributed by atoms with E-state index in [1.807, 2.05) is 11.4 Å². The molecule has 1 aromatic heterocycles. The number of nitrogens with two attached hydrogens (primary N) is 2. The van der Waals surface area contributed by atoms with E-state index < -0.39 is 0 Å². The smallest absolute Gasteiger partial charge is 0.0557 e. The van der Waals surface area contributed by atoms with Crippen LogP contribution in [0.1, 0.15) is 24.8 Å². The van der Waals surface area contributed by atoms with Gasteiger partial charge in [0.1, 0.15) is 0 Å². The summed E-state index contributed by atoms with van der Waals surface area (Å²) in [5.41, 5.74) is 12.0. The first-order valence-electron chi connectivity index (χ1n) is 4.28. The fourth-order valence-electron chi connectivity index (χ4n) is 1.13. The molecular formula is C9H15BrN2S. The Morgan fingerprint density at radius 3 is 2.38 bits per heavy atom. The topological polar surface area (TPSA) is 52.0 Å². The first-order valence-corrected chi connectivity index (χ1v) is 5.95.